The fourth-order valence-corrected chi connectivity index (χ4v) is 3.02. The molecule has 3 rings (SSSR count). The third-order valence-corrected chi connectivity index (χ3v) is 4.27. The van der Waals surface area contributed by atoms with Crippen LogP contribution in [0.3, 0.4) is 0 Å². The van der Waals surface area contributed by atoms with Crippen molar-refractivity contribution < 1.29 is 13.6 Å². The van der Waals surface area contributed by atoms with Gasteiger partial charge in [-0.15, -0.1) is 11.3 Å². The summed E-state index contributed by atoms with van der Waals surface area (Å²) >= 11 is 4.38. The molecule has 0 saturated heterocycles. The maximum Gasteiger partial charge on any atom is 0.260 e. The van der Waals surface area contributed by atoms with Crippen LogP contribution in [-0.2, 0) is 0 Å². The van der Waals surface area contributed by atoms with E-state index >= 15 is 0 Å². The normalized spacial score (nSPS) is 10.6. The van der Waals surface area contributed by atoms with Gasteiger partial charge in [-0.1, -0.05) is 28.1 Å². The molecule has 0 atom stereocenters. The summed E-state index contributed by atoms with van der Waals surface area (Å²) in [6.07, 6.45) is 0. The van der Waals surface area contributed by atoms with Crippen molar-refractivity contribution in [2.45, 2.75) is 0 Å². The highest BCUT2D eigenvalue weighted by molar-refractivity contribution is 9.10. The van der Waals surface area contributed by atoms with Gasteiger partial charge in [-0.25, -0.2) is 13.8 Å². The molecule has 116 valence electrons. The predicted octanol–water partition coefficient (Wildman–Crippen LogP) is 5.10. The third kappa shape index (κ3) is 3.62. The molecule has 3 aromatic rings. The summed E-state index contributed by atoms with van der Waals surface area (Å²) in [7, 11) is 0. The maximum atomic E-state index is 13.7. The number of benzene rings is 2. The van der Waals surface area contributed by atoms with Crippen LogP contribution in [0.4, 0.5) is 13.9 Å². The number of carbonyl (C=O) groups is 1. The summed E-state index contributed by atoms with van der Waals surface area (Å²) in [5.41, 5.74) is 1.07. The average Bonchev–Trinajstić information content (AvgIpc) is 2.98. The molecule has 1 N–H and O–H groups in total. The number of anilines is 1. The number of halogens is 3. The van der Waals surface area contributed by atoms with Gasteiger partial charge in [-0.2, -0.15) is 0 Å². The first-order valence-corrected chi connectivity index (χ1v) is 8.18. The number of nitrogens with one attached hydrogen (secondary N) is 1. The van der Waals surface area contributed by atoms with Crippen LogP contribution in [0, 0.1) is 11.6 Å². The second-order valence-corrected chi connectivity index (χ2v) is 6.40. The van der Waals surface area contributed by atoms with Gasteiger partial charge in [0.1, 0.15) is 11.6 Å². The van der Waals surface area contributed by atoms with Crippen LogP contribution < -0.4 is 5.32 Å². The minimum atomic E-state index is -0.618. The first kappa shape index (κ1) is 15.8. The molecule has 0 unspecified atom stereocenters. The van der Waals surface area contributed by atoms with Gasteiger partial charge >= 0.3 is 0 Å². The smallest absolute Gasteiger partial charge is 0.260 e. The van der Waals surface area contributed by atoms with E-state index in [2.05, 4.69) is 26.2 Å². The summed E-state index contributed by atoms with van der Waals surface area (Å²) in [6.45, 7) is 0. The van der Waals surface area contributed by atoms with Crippen molar-refractivity contribution in [3.8, 4) is 11.3 Å². The summed E-state index contributed by atoms with van der Waals surface area (Å²) < 4.78 is 27.5. The molecular formula is C16H9BrF2N2OS. The molecule has 3 nitrogen and oxygen atoms in total. The number of carbonyl (C=O) groups excluding carboxylic acids is 1. The zero-order valence-corrected chi connectivity index (χ0v) is 13.9. The Morgan fingerprint density at radius 2 is 2.00 bits per heavy atom. The summed E-state index contributed by atoms with van der Waals surface area (Å²) in [4.78, 5) is 16.3. The van der Waals surface area contributed by atoms with Gasteiger partial charge in [-0.3, -0.25) is 10.1 Å². The SMILES string of the molecule is O=C(Nc1nc(-c2cccc(F)c2)cs1)c1cc(Br)ccc1F. The van der Waals surface area contributed by atoms with E-state index in [1.807, 2.05) is 0 Å². The minimum Gasteiger partial charge on any atom is -0.298 e. The van der Waals surface area contributed by atoms with E-state index in [0.717, 1.165) is 0 Å². The molecule has 0 fully saturated rings. The molecule has 0 bridgehead atoms. The largest absolute Gasteiger partial charge is 0.298 e. The van der Waals surface area contributed by atoms with Gasteiger partial charge in [0.2, 0.25) is 0 Å². The summed E-state index contributed by atoms with van der Waals surface area (Å²) in [5.74, 6) is -1.58. The molecule has 0 aliphatic carbocycles. The van der Waals surface area contributed by atoms with Crippen molar-refractivity contribution in [3.05, 3.63) is 69.5 Å². The quantitative estimate of drug-likeness (QED) is 0.670. The lowest BCUT2D eigenvalue weighted by atomic mass is 10.2. The minimum absolute atomic E-state index is 0.0816. The Bertz CT molecular complexity index is 882. The lowest BCUT2D eigenvalue weighted by Gasteiger charge is -2.03. The van der Waals surface area contributed by atoms with Crippen LogP contribution in [-0.4, -0.2) is 10.9 Å². The zero-order valence-electron chi connectivity index (χ0n) is 11.5. The summed E-state index contributed by atoms with van der Waals surface area (Å²) in [6, 6.07) is 10.1. The van der Waals surface area contributed by atoms with Crippen molar-refractivity contribution in [2.24, 2.45) is 0 Å². The van der Waals surface area contributed by atoms with E-state index in [9.17, 15) is 13.6 Å². The highest BCUT2D eigenvalue weighted by Gasteiger charge is 2.14. The van der Waals surface area contributed by atoms with Gasteiger partial charge in [0.05, 0.1) is 11.3 Å². The molecule has 1 aromatic heterocycles. The topological polar surface area (TPSA) is 42.0 Å². The molecular weight excluding hydrogens is 386 g/mol. The molecule has 1 heterocycles. The van der Waals surface area contributed by atoms with Crippen LogP contribution >= 0.6 is 27.3 Å². The molecule has 2 aromatic carbocycles. The molecule has 23 heavy (non-hydrogen) atoms. The van der Waals surface area contributed by atoms with E-state index in [-0.39, 0.29) is 11.4 Å². The van der Waals surface area contributed by atoms with Crippen molar-refractivity contribution >= 4 is 38.3 Å². The first-order valence-electron chi connectivity index (χ1n) is 6.51. The third-order valence-electron chi connectivity index (χ3n) is 3.02. The predicted molar refractivity (Wildman–Crippen MR) is 89.6 cm³/mol. The zero-order chi connectivity index (χ0) is 16.4. The van der Waals surface area contributed by atoms with Gasteiger partial charge in [0.25, 0.3) is 5.91 Å². The van der Waals surface area contributed by atoms with Gasteiger partial charge in [-0.05, 0) is 30.3 Å². The monoisotopic (exact) mass is 394 g/mol. The Balaban J connectivity index is 1.81. The van der Waals surface area contributed by atoms with E-state index in [0.29, 0.717) is 20.9 Å². The van der Waals surface area contributed by atoms with E-state index in [1.54, 1.807) is 17.5 Å². The van der Waals surface area contributed by atoms with E-state index in [4.69, 9.17) is 0 Å². The van der Waals surface area contributed by atoms with Gasteiger partial charge in [0, 0.05) is 15.4 Å². The average molecular weight is 395 g/mol. The Hall–Kier alpha value is -2.12. The highest BCUT2D eigenvalue weighted by atomic mass is 79.9. The second-order valence-electron chi connectivity index (χ2n) is 4.63. The van der Waals surface area contributed by atoms with Crippen molar-refractivity contribution in [1.82, 2.24) is 4.98 Å². The number of hydrogen-bond acceptors (Lipinski definition) is 3. The van der Waals surface area contributed by atoms with E-state index < -0.39 is 11.7 Å². The number of aromatic nitrogens is 1. The summed E-state index contributed by atoms with van der Waals surface area (Å²) in [5, 5.41) is 4.55. The van der Waals surface area contributed by atoms with Crippen LogP contribution in [0.1, 0.15) is 10.4 Å². The molecule has 0 spiro atoms. The highest BCUT2D eigenvalue weighted by Crippen LogP contribution is 2.26. The molecule has 7 heteroatoms. The Kier molecular flexibility index (Phi) is 4.49. The van der Waals surface area contributed by atoms with Crippen LogP contribution in [0.25, 0.3) is 11.3 Å². The number of hydrogen-bond donors (Lipinski definition) is 1. The molecule has 0 saturated carbocycles. The van der Waals surface area contributed by atoms with Crippen molar-refractivity contribution in [3.63, 3.8) is 0 Å². The fraction of sp³-hybridized carbons (Fsp3) is 0. The lowest BCUT2D eigenvalue weighted by molar-refractivity contribution is 0.102. The van der Waals surface area contributed by atoms with E-state index in [1.165, 1.54) is 41.7 Å². The number of thiazole rings is 1. The fourth-order valence-electron chi connectivity index (χ4n) is 1.95. The van der Waals surface area contributed by atoms with Gasteiger partial charge in [0.15, 0.2) is 5.13 Å². The molecule has 0 aliphatic heterocycles. The number of rotatable bonds is 3. The number of nitrogens with zero attached hydrogens (tertiary/aromatic N) is 1. The van der Waals surface area contributed by atoms with Crippen LogP contribution in [0.5, 0.6) is 0 Å². The second kappa shape index (κ2) is 6.55. The lowest BCUT2D eigenvalue weighted by Crippen LogP contribution is -2.13. The van der Waals surface area contributed by atoms with Crippen LogP contribution in [0.2, 0.25) is 0 Å². The van der Waals surface area contributed by atoms with Crippen LogP contribution in [0.15, 0.2) is 52.3 Å². The number of amides is 1. The maximum absolute atomic E-state index is 13.7. The van der Waals surface area contributed by atoms with Gasteiger partial charge < -0.3 is 0 Å². The first-order chi connectivity index (χ1) is 11.0. The molecule has 1 amide bonds. The Morgan fingerprint density at radius 3 is 2.78 bits per heavy atom. The van der Waals surface area contributed by atoms with Crippen molar-refractivity contribution in [2.75, 3.05) is 5.32 Å². The Labute approximate surface area is 143 Å². The molecule has 0 aliphatic rings. The van der Waals surface area contributed by atoms with Crippen molar-refractivity contribution in [1.29, 1.82) is 0 Å². The standard InChI is InChI=1S/C16H9BrF2N2OS/c17-10-4-5-13(19)12(7-10)15(22)21-16-20-14(8-23-16)9-2-1-3-11(18)6-9/h1-8H,(H,20,21,22). The molecule has 0 radical (unpaired) electrons. The Morgan fingerprint density at radius 1 is 1.17 bits per heavy atom.